The summed E-state index contributed by atoms with van der Waals surface area (Å²) in [5.74, 6) is 0. The van der Waals surface area contributed by atoms with E-state index in [1.165, 1.54) is 11.1 Å². The number of aliphatic hydroxyl groups excluding tert-OH is 1. The second kappa shape index (κ2) is 8.40. The molecule has 3 nitrogen and oxygen atoms in total. The van der Waals surface area contributed by atoms with Crippen molar-refractivity contribution in [3.05, 3.63) is 35.4 Å². The van der Waals surface area contributed by atoms with Gasteiger partial charge in [-0.05, 0) is 38.2 Å². The van der Waals surface area contributed by atoms with Crippen LogP contribution in [0.25, 0.3) is 0 Å². The number of rotatable bonds is 7. The summed E-state index contributed by atoms with van der Waals surface area (Å²) < 4.78 is 5.76. The molecule has 2 rings (SSSR count). The predicted octanol–water partition coefficient (Wildman–Crippen LogP) is 2.40. The average molecular weight is 277 g/mol. The highest BCUT2D eigenvalue weighted by atomic mass is 16.5. The minimum absolute atomic E-state index is 0.232. The van der Waals surface area contributed by atoms with Gasteiger partial charge in [-0.25, -0.2) is 0 Å². The number of ether oxygens (including phenoxy) is 1. The minimum atomic E-state index is 0.232. The molecule has 0 amide bonds. The first kappa shape index (κ1) is 15.5. The van der Waals surface area contributed by atoms with E-state index in [4.69, 9.17) is 9.84 Å². The van der Waals surface area contributed by atoms with Crippen molar-refractivity contribution < 1.29 is 9.84 Å². The molecule has 3 heteroatoms. The lowest BCUT2D eigenvalue weighted by atomic mass is 10.1. The SMILES string of the molecule is Cc1ccc(CCN2CCC(OCCCO)CC2)cc1. The lowest BCUT2D eigenvalue weighted by Gasteiger charge is -2.31. The van der Waals surface area contributed by atoms with Crippen LogP contribution in [0.4, 0.5) is 0 Å². The van der Waals surface area contributed by atoms with Crippen LogP contribution >= 0.6 is 0 Å². The zero-order valence-electron chi connectivity index (χ0n) is 12.6. The van der Waals surface area contributed by atoms with E-state index in [1.807, 2.05) is 0 Å². The number of aliphatic hydroxyl groups is 1. The second-order valence-electron chi connectivity index (χ2n) is 5.72. The molecule has 1 aliphatic heterocycles. The van der Waals surface area contributed by atoms with E-state index in [1.54, 1.807) is 0 Å². The second-order valence-corrected chi connectivity index (χ2v) is 5.72. The first-order valence-electron chi connectivity index (χ1n) is 7.78. The summed E-state index contributed by atoms with van der Waals surface area (Å²) >= 11 is 0. The van der Waals surface area contributed by atoms with E-state index in [-0.39, 0.29) is 6.61 Å². The fourth-order valence-corrected chi connectivity index (χ4v) is 2.66. The Morgan fingerprint density at radius 2 is 1.90 bits per heavy atom. The number of hydrogen-bond acceptors (Lipinski definition) is 3. The van der Waals surface area contributed by atoms with Gasteiger partial charge in [-0.2, -0.15) is 0 Å². The van der Waals surface area contributed by atoms with Gasteiger partial charge in [-0.3, -0.25) is 0 Å². The number of likely N-dealkylation sites (tertiary alicyclic amines) is 1. The maximum absolute atomic E-state index is 8.74. The molecule has 1 aromatic carbocycles. The molecular weight excluding hydrogens is 250 g/mol. The van der Waals surface area contributed by atoms with Crippen molar-refractivity contribution in [3.63, 3.8) is 0 Å². The first-order chi connectivity index (χ1) is 9.78. The van der Waals surface area contributed by atoms with Crippen molar-refractivity contribution >= 4 is 0 Å². The Hall–Kier alpha value is -0.900. The van der Waals surface area contributed by atoms with E-state index in [0.29, 0.717) is 12.7 Å². The number of aryl methyl sites for hydroxylation is 1. The summed E-state index contributed by atoms with van der Waals surface area (Å²) in [5, 5.41) is 8.74. The van der Waals surface area contributed by atoms with Gasteiger partial charge in [0.25, 0.3) is 0 Å². The number of hydrogen-bond donors (Lipinski definition) is 1. The normalized spacial score (nSPS) is 17.5. The molecule has 0 atom stereocenters. The van der Waals surface area contributed by atoms with E-state index in [9.17, 15) is 0 Å². The van der Waals surface area contributed by atoms with E-state index >= 15 is 0 Å². The largest absolute Gasteiger partial charge is 0.396 e. The number of piperidine rings is 1. The van der Waals surface area contributed by atoms with E-state index in [0.717, 1.165) is 45.3 Å². The molecule has 0 aliphatic carbocycles. The number of benzene rings is 1. The van der Waals surface area contributed by atoms with Gasteiger partial charge >= 0.3 is 0 Å². The Morgan fingerprint density at radius 3 is 2.55 bits per heavy atom. The van der Waals surface area contributed by atoms with Gasteiger partial charge in [-0.15, -0.1) is 0 Å². The van der Waals surface area contributed by atoms with Crippen LogP contribution in [-0.2, 0) is 11.2 Å². The molecule has 0 unspecified atom stereocenters. The van der Waals surface area contributed by atoms with Crippen molar-refractivity contribution in [1.29, 1.82) is 0 Å². The van der Waals surface area contributed by atoms with Gasteiger partial charge in [-0.1, -0.05) is 29.8 Å². The molecule has 1 fully saturated rings. The molecule has 20 heavy (non-hydrogen) atoms. The third-order valence-electron chi connectivity index (χ3n) is 4.03. The molecule has 0 spiro atoms. The summed E-state index contributed by atoms with van der Waals surface area (Å²) in [4.78, 5) is 2.53. The molecule has 1 heterocycles. The quantitative estimate of drug-likeness (QED) is 0.777. The summed E-state index contributed by atoms with van der Waals surface area (Å²) in [7, 11) is 0. The summed E-state index contributed by atoms with van der Waals surface area (Å²) in [6, 6.07) is 8.85. The summed E-state index contributed by atoms with van der Waals surface area (Å²) in [6.45, 7) is 6.48. The van der Waals surface area contributed by atoms with Crippen LogP contribution < -0.4 is 0 Å². The predicted molar refractivity (Wildman–Crippen MR) is 82.0 cm³/mol. The summed E-state index contributed by atoms with van der Waals surface area (Å²) in [6.07, 6.45) is 4.54. The third kappa shape index (κ3) is 5.23. The highest BCUT2D eigenvalue weighted by molar-refractivity contribution is 5.21. The fraction of sp³-hybridized carbons (Fsp3) is 0.647. The fourth-order valence-electron chi connectivity index (χ4n) is 2.66. The highest BCUT2D eigenvalue weighted by Crippen LogP contribution is 2.14. The van der Waals surface area contributed by atoms with Crippen LogP contribution in [0, 0.1) is 6.92 Å². The van der Waals surface area contributed by atoms with Gasteiger partial charge in [0.05, 0.1) is 6.10 Å². The van der Waals surface area contributed by atoms with Crippen molar-refractivity contribution in [2.24, 2.45) is 0 Å². The van der Waals surface area contributed by atoms with Crippen LogP contribution in [0.2, 0.25) is 0 Å². The monoisotopic (exact) mass is 277 g/mol. The average Bonchev–Trinajstić information content (AvgIpc) is 2.48. The Labute approximate surface area is 122 Å². The van der Waals surface area contributed by atoms with Crippen molar-refractivity contribution in [2.75, 3.05) is 32.8 Å². The molecule has 1 N–H and O–H groups in total. The lowest BCUT2D eigenvalue weighted by molar-refractivity contribution is 0.00255. The molecule has 0 aromatic heterocycles. The molecular formula is C17H27NO2. The Balaban J connectivity index is 1.63. The smallest absolute Gasteiger partial charge is 0.0599 e. The summed E-state index contributed by atoms with van der Waals surface area (Å²) in [5.41, 5.74) is 2.76. The standard InChI is InChI=1S/C17H27NO2/c1-15-3-5-16(6-4-15)7-10-18-11-8-17(9-12-18)20-14-2-13-19/h3-6,17,19H,2,7-14H2,1H3. The van der Waals surface area contributed by atoms with Crippen LogP contribution in [0.5, 0.6) is 0 Å². The maximum Gasteiger partial charge on any atom is 0.0599 e. The van der Waals surface area contributed by atoms with Crippen molar-refractivity contribution in [3.8, 4) is 0 Å². The lowest BCUT2D eigenvalue weighted by Crippen LogP contribution is -2.38. The van der Waals surface area contributed by atoms with Gasteiger partial charge in [0.1, 0.15) is 0 Å². The molecule has 0 saturated carbocycles. The molecule has 1 saturated heterocycles. The zero-order chi connectivity index (χ0) is 14.2. The topological polar surface area (TPSA) is 32.7 Å². The van der Waals surface area contributed by atoms with Crippen LogP contribution in [0.15, 0.2) is 24.3 Å². The first-order valence-corrected chi connectivity index (χ1v) is 7.78. The Kier molecular flexibility index (Phi) is 6.51. The van der Waals surface area contributed by atoms with Gasteiger partial charge in [0, 0.05) is 32.8 Å². The van der Waals surface area contributed by atoms with Crippen molar-refractivity contribution in [2.45, 2.75) is 38.7 Å². The van der Waals surface area contributed by atoms with E-state index < -0.39 is 0 Å². The molecule has 0 radical (unpaired) electrons. The van der Waals surface area contributed by atoms with Crippen LogP contribution in [0.3, 0.4) is 0 Å². The van der Waals surface area contributed by atoms with Gasteiger partial charge in [0.15, 0.2) is 0 Å². The molecule has 1 aromatic rings. The van der Waals surface area contributed by atoms with E-state index in [2.05, 4.69) is 36.1 Å². The Bertz CT molecular complexity index is 369. The highest BCUT2D eigenvalue weighted by Gasteiger charge is 2.19. The molecule has 1 aliphatic rings. The molecule has 0 bridgehead atoms. The minimum Gasteiger partial charge on any atom is -0.396 e. The van der Waals surface area contributed by atoms with Crippen molar-refractivity contribution in [1.82, 2.24) is 4.90 Å². The van der Waals surface area contributed by atoms with Gasteiger partial charge in [0.2, 0.25) is 0 Å². The number of nitrogens with zero attached hydrogens (tertiary/aromatic N) is 1. The molecule has 112 valence electrons. The van der Waals surface area contributed by atoms with Crippen LogP contribution in [-0.4, -0.2) is 49.0 Å². The maximum atomic E-state index is 8.74. The van der Waals surface area contributed by atoms with Gasteiger partial charge < -0.3 is 14.7 Å². The third-order valence-corrected chi connectivity index (χ3v) is 4.03. The van der Waals surface area contributed by atoms with Crippen LogP contribution in [0.1, 0.15) is 30.4 Å². The Morgan fingerprint density at radius 1 is 1.20 bits per heavy atom. The zero-order valence-corrected chi connectivity index (χ0v) is 12.6.